The Morgan fingerprint density at radius 2 is 2.60 bits per heavy atom. The zero-order valence-corrected chi connectivity index (χ0v) is 8.72. The SMILES string of the molecule is Cn1ncnc1CN1CCNCC1C#N. The van der Waals surface area contributed by atoms with Crippen molar-refractivity contribution in [2.75, 3.05) is 19.6 Å². The predicted octanol–water partition coefficient (Wildman–Crippen LogP) is -0.888. The number of aryl methyl sites for hydroxylation is 1. The molecule has 6 nitrogen and oxygen atoms in total. The number of nitriles is 1. The second-order valence-electron chi connectivity index (χ2n) is 3.62. The van der Waals surface area contributed by atoms with Crippen molar-refractivity contribution in [2.24, 2.45) is 7.05 Å². The van der Waals surface area contributed by atoms with Gasteiger partial charge in [0.25, 0.3) is 0 Å². The largest absolute Gasteiger partial charge is 0.313 e. The van der Waals surface area contributed by atoms with Gasteiger partial charge in [0.15, 0.2) is 0 Å². The van der Waals surface area contributed by atoms with Gasteiger partial charge in [-0.05, 0) is 0 Å². The van der Waals surface area contributed by atoms with Gasteiger partial charge in [0.2, 0.25) is 0 Å². The minimum atomic E-state index is -0.0598. The lowest BCUT2D eigenvalue weighted by Gasteiger charge is -2.31. The fraction of sp³-hybridized carbons (Fsp3) is 0.667. The van der Waals surface area contributed by atoms with Gasteiger partial charge in [-0.2, -0.15) is 10.4 Å². The van der Waals surface area contributed by atoms with Crippen LogP contribution in [0.2, 0.25) is 0 Å². The smallest absolute Gasteiger partial charge is 0.140 e. The van der Waals surface area contributed by atoms with E-state index in [1.54, 1.807) is 11.0 Å². The van der Waals surface area contributed by atoms with E-state index in [0.29, 0.717) is 6.54 Å². The van der Waals surface area contributed by atoms with Crippen molar-refractivity contribution in [3.63, 3.8) is 0 Å². The Hall–Kier alpha value is -1.45. The Kier molecular flexibility index (Phi) is 2.94. The molecule has 80 valence electrons. The number of aromatic nitrogens is 3. The van der Waals surface area contributed by atoms with Gasteiger partial charge in [-0.15, -0.1) is 0 Å². The zero-order chi connectivity index (χ0) is 10.7. The lowest BCUT2D eigenvalue weighted by molar-refractivity contribution is 0.182. The van der Waals surface area contributed by atoms with Gasteiger partial charge >= 0.3 is 0 Å². The summed E-state index contributed by atoms with van der Waals surface area (Å²) in [5.74, 6) is 0.900. The third-order valence-electron chi connectivity index (χ3n) is 2.65. The van der Waals surface area contributed by atoms with Crippen molar-refractivity contribution in [3.05, 3.63) is 12.2 Å². The van der Waals surface area contributed by atoms with Gasteiger partial charge in [0, 0.05) is 26.7 Å². The number of hydrogen-bond acceptors (Lipinski definition) is 5. The Balaban J connectivity index is 2.04. The van der Waals surface area contributed by atoms with Gasteiger partial charge in [-0.25, -0.2) is 4.98 Å². The average molecular weight is 206 g/mol. The highest BCUT2D eigenvalue weighted by Crippen LogP contribution is 2.06. The van der Waals surface area contributed by atoms with E-state index < -0.39 is 0 Å². The van der Waals surface area contributed by atoms with Gasteiger partial charge in [0.1, 0.15) is 18.2 Å². The molecule has 1 unspecified atom stereocenters. The summed E-state index contributed by atoms with van der Waals surface area (Å²) in [5, 5.41) is 16.2. The van der Waals surface area contributed by atoms with Crippen molar-refractivity contribution >= 4 is 0 Å². The first-order valence-electron chi connectivity index (χ1n) is 4.98. The van der Waals surface area contributed by atoms with Gasteiger partial charge in [-0.3, -0.25) is 9.58 Å². The molecular weight excluding hydrogens is 192 g/mol. The minimum Gasteiger partial charge on any atom is -0.313 e. The molecule has 0 bridgehead atoms. The van der Waals surface area contributed by atoms with Crippen molar-refractivity contribution in [1.29, 1.82) is 5.26 Å². The van der Waals surface area contributed by atoms with Gasteiger partial charge in [-0.1, -0.05) is 0 Å². The molecule has 15 heavy (non-hydrogen) atoms. The minimum absolute atomic E-state index is 0.0598. The molecule has 1 aliphatic heterocycles. The summed E-state index contributed by atoms with van der Waals surface area (Å²) < 4.78 is 1.75. The molecule has 2 rings (SSSR count). The third-order valence-corrected chi connectivity index (χ3v) is 2.65. The zero-order valence-electron chi connectivity index (χ0n) is 8.72. The average Bonchev–Trinajstić information content (AvgIpc) is 2.65. The van der Waals surface area contributed by atoms with Crippen LogP contribution in [-0.2, 0) is 13.6 Å². The summed E-state index contributed by atoms with van der Waals surface area (Å²) in [6, 6.07) is 2.23. The predicted molar refractivity (Wildman–Crippen MR) is 53.7 cm³/mol. The fourth-order valence-corrected chi connectivity index (χ4v) is 1.71. The lowest BCUT2D eigenvalue weighted by Crippen LogP contribution is -2.50. The molecular formula is C9H14N6. The first-order chi connectivity index (χ1) is 7.31. The molecule has 1 saturated heterocycles. The highest BCUT2D eigenvalue weighted by atomic mass is 15.3. The molecule has 1 fully saturated rings. The number of hydrogen-bond donors (Lipinski definition) is 1. The normalized spacial score (nSPS) is 22.5. The lowest BCUT2D eigenvalue weighted by atomic mass is 10.2. The van der Waals surface area contributed by atoms with E-state index in [1.165, 1.54) is 0 Å². The van der Waals surface area contributed by atoms with Crippen LogP contribution < -0.4 is 5.32 Å². The quantitative estimate of drug-likeness (QED) is 0.680. The van der Waals surface area contributed by atoms with Crippen LogP contribution in [0, 0.1) is 11.3 Å². The molecule has 6 heteroatoms. The van der Waals surface area contributed by atoms with Gasteiger partial charge in [0.05, 0.1) is 12.6 Å². The Bertz CT molecular complexity index is 365. The maximum atomic E-state index is 8.98. The first kappa shape index (κ1) is 10.1. The van der Waals surface area contributed by atoms with Crippen molar-refractivity contribution in [3.8, 4) is 6.07 Å². The number of piperazine rings is 1. The second kappa shape index (κ2) is 4.38. The van der Waals surface area contributed by atoms with E-state index in [-0.39, 0.29) is 6.04 Å². The third kappa shape index (κ3) is 2.14. The van der Waals surface area contributed by atoms with Crippen LogP contribution in [0.25, 0.3) is 0 Å². The van der Waals surface area contributed by atoms with E-state index in [2.05, 4.69) is 26.4 Å². The Morgan fingerprint density at radius 3 is 3.27 bits per heavy atom. The van der Waals surface area contributed by atoms with E-state index in [1.807, 2.05) is 7.05 Å². The highest BCUT2D eigenvalue weighted by Gasteiger charge is 2.22. The summed E-state index contributed by atoms with van der Waals surface area (Å²) in [7, 11) is 1.87. The summed E-state index contributed by atoms with van der Waals surface area (Å²) in [6.45, 7) is 3.23. The van der Waals surface area contributed by atoms with Crippen LogP contribution in [0.15, 0.2) is 6.33 Å². The van der Waals surface area contributed by atoms with Crippen LogP contribution in [-0.4, -0.2) is 45.3 Å². The summed E-state index contributed by atoms with van der Waals surface area (Å²) in [5.41, 5.74) is 0. The topological polar surface area (TPSA) is 69.8 Å². The monoisotopic (exact) mass is 206 g/mol. The summed E-state index contributed by atoms with van der Waals surface area (Å²) in [6.07, 6.45) is 1.54. The summed E-state index contributed by atoms with van der Waals surface area (Å²) >= 11 is 0. The van der Waals surface area contributed by atoms with Crippen LogP contribution in [0.5, 0.6) is 0 Å². The van der Waals surface area contributed by atoms with Crippen LogP contribution in [0.3, 0.4) is 0 Å². The van der Waals surface area contributed by atoms with Crippen LogP contribution >= 0.6 is 0 Å². The molecule has 1 N–H and O–H groups in total. The first-order valence-corrected chi connectivity index (χ1v) is 4.98. The maximum absolute atomic E-state index is 8.98. The number of nitrogens with zero attached hydrogens (tertiary/aromatic N) is 5. The van der Waals surface area contributed by atoms with Crippen LogP contribution in [0.1, 0.15) is 5.82 Å². The molecule has 0 amide bonds. The molecule has 0 aromatic carbocycles. The molecule has 2 heterocycles. The summed E-state index contributed by atoms with van der Waals surface area (Å²) in [4.78, 5) is 6.28. The molecule has 0 aliphatic carbocycles. The number of nitrogens with one attached hydrogen (secondary N) is 1. The molecule has 1 atom stereocenters. The maximum Gasteiger partial charge on any atom is 0.140 e. The van der Waals surface area contributed by atoms with Crippen molar-refractivity contribution in [2.45, 2.75) is 12.6 Å². The van der Waals surface area contributed by atoms with E-state index in [9.17, 15) is 0 Å². The fourth-order valence-electron chi connectivity index (χ4n) is 1.71. The van der Waals surface area contributed by atoms with Crippen LogP contribution in [0.4, 0.5) is 0 Å². The standard InChI is InChI=1S/C9H14N6/c1-14-9(12-7-13-14)6-15-3-2-11-5-8(15)4-10/h7-8,11H,2-3,5-6H2,1H3. The molecule has 0 spiro atoms. The van der Waals surface area contributed by atoms with E-state index in [4.69, 9.17) is 5.26 Å². The second-order valence-corrected chi connectivity index (χ2v) is 3.62. The molecule has 1 aromatic heterocycles. The highest BCUT2D eigenvalue weighted by molar-refractivity contribution is 4.98. The number of rotatable bonds is 2. The molecule has 0 saturated carbocycles. The Morgan fingerprint density at radius 1 is 1.73 bits per heavy atom. The molecule has 1 aliphatic rings. The molecule has 1 aromatic rings. The van der Waals surface area contributed by atoms with E-state index >= 15 is 0 Å². The van der Waals surface area contributed by atoms with E-state index in [0.717, 1.165) is 25.5 Å². The Labute approximate surface area is 88.5 Å². The molecule has 0 radical (unpaired) electrons. The van der Waals surface area contributed by atoms with Gasteiger partial charge < -0.3 is 5.32 Å². The van der Waals surface area contributed by atoms with Crippen molar-refractivity contribution < 1.29 is 0 Å². The van der Waals surface area contributed by atoms with Crippen molar-refractivity contribution in [1.82, 2.24) is 25.0 Å².